The molecule has 1 rings (SSSR count). The van der Waals surface area contributed by atoms with Gasteiger partial charge in [0.05, 0.1) is 0 Å². The summed E-state index contributed by atoms with van der Waals surface area (Å²) in [5.41, 5.74) is 1.16. The molecule has 1 aromatic rings. The number of hydrogen-bond acceptors (Lipinski definition) is 1. The van der Waals surface area contributed by atoms with Crippen molar-refractivity contribution in [1.29, 1.82) is 0 Å². The Kier molecular flexibility index (Phi) is 15.7. The zero-order valence-corrected chi connectivity index (χ0v) is 8.16. The Hall–Kier alpha value is -0.354. The summed E-state index contributed by atoms with van der Waals surface area (Å²) >= 11 is 0. The second-order valence-corrected chi connectivity index (χ2v) is 1.83. The molecule has 2 nitrogen and oxygen atoms in total. The van der Waals surface area contributed by atoms with E-state index in [2.05, 4.69) is 11.8 Å². The zero-order valence-electron chi connectivity index (χ0n) is 7.12. The molecule has 0 unspecified atom stereocenters. The van der Waals surface area contributed by atoms with Crippen LogP contribution in [0.3, 0.4) is 0 Å². The average Bonchev–Trinajstić information content (AvgIpc) is 1.91. The molecule has 0 bridgehead atoms. The van der Waals surface area contributed by atoms with Gasteiger partial charge in [-0.25, -0.2) is 7.11 Å². The van der Waals surface area contributed by atoms with E-state index in [9.17, 15) is 0 Å². The molecule has 2 N–H and O–H groups in total. The van der Waals surface area contributed by atoms with Gasteiger partial charge in [-0.05, 0) is 5.56 Å². The third-order valence-electron chi connectivity index (χ3n) is 1.11. The number of hydrogen-bond donors (Lipinski definition) is 0. The number of rotatable bonds is 2. The Morgan fingerprint density at radius 3 is 2.08 bits per heavy atom. The molecule has 0 aromatic heterocycles. The average molecular weight is 211 g/mol. The van der Waals surface area contributed by atoms with Crippen molar-refractivity contribution in [2.45, 2.75) is 6.61 Å². The largest absolute Gasteiger partial charge is 3.00 e. The van der Waals surface area contributed by atoms with Crippen molar-refractivity contribution < 1.29 is 21.5 Å². The fourth-order valence-corrected chi connectivity index (χ4v) is 0.692. The maximum absolute atomic E-state index is 4.68. The summed E-state index contributed by atoms with van der Waals surface area (Å²) in [6.45, 7) is 0.598. The van der Waals surface area contributed by atoms with Crippen LogP contribution in [0.15, 0.2) is 30.3 Å². The predicted molar refractivity (Wildman–Crippen MR) is 48.3 cm³/mol. The minimum absolute atomic E-state index is 0. The van der Waals surface area contributed by atoms with Crippen molar-refractivity contribution in [2.24, 2.45) is 0 Å². The first kappa shape index (κ1) is 17.7. The molecule has 0 atom stereocenters. The van der Waals surface area contributed by atoms with Crippen molar-refractivity contribution >= 4 is 0 Å². The predicted octanol–water partition coefficient (Wildman–Crippen LogP) is 3.16. The number of ether oxygens (including phenoxy) is 1. The van der Waals surface area contributed by atoms with E-state index in [-0.39, 0.29) is 30.4 Å². The molecule has 0 radical (unpaired) electrons. The fourth-order valence-electron chi connectivity index (χ4n) is 0.692. The van der Waals surface area contributed by atoms with E-state index in [0.29, 0.717) is 6.61 Å². The van der Waals surface area contributed by atoms with Gasteiger partial charge in [-0.15, -0.1) is 0 Å². The second-order valence-electron chi connectivity index (χ2n) is 1.83. The van der Waals surface area contributed by atoms with Crippen molar-refractivity contribution in [2.75, 3.05) is 0 Å². The Labute approximate surface area is 85.1 Å². The normalized spacial score (nSPS) is 7.08. The Balaban J connectivity index is -0.000000270. The Bertz CT molecular complexity index is 167. The molecule has 0 aliphatic heterocycles. The first-order valence-corrected chi connectivity index (χ1v) is 2.84. The van der Waals surface area contributed by atoms with E-state index in [1.807, 2.05) is 30.3 Å². The van der Waals surface area contributed by atoms with Crippen LogP contribution in [-0.2, 0) is 28.1 Å². The molecule has 0 saturated heterocycles. The first-order valence-electron chi connectivity index (χ1n) is 2.84. The van der Waals surface area contributed by atoms with Gasteiger partial charge < -0.3 is 18.3 Å². The molecular weight excluding hydrogens is 197 g/mol. The summed E-state index contributed by atoms with van der Waals surface area (Å²) in [5.74, 6) is 0. The van der Waals surface area contributed by atoms with Crippen molar-refractivity contribution in [3.8, 4) is 0 Å². The van der Waals surface area contributed by atoms with E-state index >= 15 is 0 Å². The van der Waals surface area contributed by atoms with Gasteiger partial charge in [-0.2, -0.15) is 0 Å². The standard InChI is InChI=1S/C8H9O.CH3.Co.H2N/c1-9-7-8-5-3-2-4-6-8;;;/h2-6H,1,7H2;1H3;;1H2/q2*-1;+3;-1. The summed E-state index contributed by atoms with van der Waals surface area (Å²) < 4.78 is 4.68. The molecule has 0 amide bonds. The van der Waals surface area contributed by atoms with Gasteiger partial charge in [0, 0.05) is 6.61 Å². The van der Waals surface area contributed by atoms with Gasteiger partial charge in [0.15, 0.2) is 0 Å². The molecule has 1 aromatic carbocycles. The van der Waals surface area contributed by atoms with E-state index in [1.165, 1.54) is 0 Å². The molecule has 0 saturated carbocycles. The molecule has 0 aliphatic rings. The summed E-state index contributed by atoms with van der Waals surface area (Å²) in [4.78, 5) is 0. The Morgan fingerprint density at radius 2 is 1.67 bits per heavy atom. The minimum Gasteiger partial charge on any atom is -0.693 e. The van der Waals surface area contributed by atoms with Gasteiger partial charge in [0.25, 0.3) is 0 Å². The van der Waals surface area contributed by atoms with Crippen LogP contribution in [0.4, 0.5) is 0 Å². The van der Waals surface area contributed by atoms with Gasteiger partial charge >= 0.3 is 16.8 Å². The van der Waals surface area contributed by atoms with Crippen LogP contribution in [0.2, 0.25) is 0 Å². The van der Waals surface area contributed by atoms with E-state index < -0.39 is 0 Å². The van der Waals surface area contributed by atoms with E-state index in [0.717, 1.165) is 5.56 Å². The maximum Gasteiger partial charge on any atom is 3.00 e. The topological polar surface area (TPSA) is 42.7 Å². The third kappa shape index (κ3) is 6.36. The number of nitrogens with two attached hydrogens (primary N) is 1. The minimum atomic E-state index is 0. The molecule has 0 heterocycles. The number of benzene rings is 1. The van der Waals surface area contributed by atoms with E-state index in [1.54, 1.807) is 0 Å². The molecule has 0 fully saturated rings. The van der Waals surface area contributed by atoms with E-state index in [4.69, 9.17) is 0 Å². The van der Waals surface area contributed by atoms with Crippen molar-refractivity contribution in [3.63, 3.8) is 0 Å². The summed E-state index contributed by atoms with van der Waals surface area (Å²) in [6.07, 6.45) is 0. The molecule has 0 aliphatic carbocycles. The third-order valence-corrected chi connectivity index (χ3v) is 1.11. The first-order chi connectivity index (χ1) is 4.43. The van der Waals surface area contributed by atoms with Crippen LogP contribution >= 0.6 is 0 Å². The van der Waals surface area contributed by atoms with Gasteiger partial charge in [0.1, 0.15) is 0 Å². The SMILES string of the molecule is [CH2-]OCc1ccccc1.[CH3-].[Co+3].[NH2-]. The second kappa shape index (κ2) is 10.6. The van der Waals surface area contributed by atoms with Gasteiger partial charge in [-0.1, -0.05) is 30.3 Å². The maximum atomic E-state index is 4.68. The van der Waals surface area contributed by atoms with Crippen LogP contribution in [0.1, 0.15) is 5.56 Å². The molecule has 70 valence electrons. The molecular formula is C9H14CoNO. The van der Waals surface area contributed by atoms with Crippen LogP contribution in [0.5, 0.6) is 0 Å². The van der Waals surface area contributed by atoms with Gasteiger partial charge in [0.2, 0.25) is 0 Å². The zero-order chi connectivity index (χ0) is 6.53. The summed E-state index contributed by atoms with van der Waals surface area (Å²) in [5, 5.41) is 0. The quantitative estimate of drug-likeness (QED) is 0.693. The summed E-state index contributed by atoms with van der Waals surface area (Å²) in [6, 6.07) is 9.95. The smallest absolute Gasteiger partial charge is 0.693 e. The van der Waals surface area contributed by atoms with Crippen molar-refractivity contribution in [3.05, 3.63) is 56.6 Å². The van der Waals surface area contributed by atoms with Gasteiger partial charge in [-0.3, -0.25) is 0 Å². The molecule has 12 heavy (non-hydrogen) atoms. The van der Waals surface area contributed by atoms with Crippen LogP contribution in [0.25, 0.3) is 6.15 Å². The Morgan fingerprint density at radius 1 is 1.17 bits per heavy atom. The summed E-state index contributed by atoms with van der Waals surface area (Å²) in [7, 11) is 3.28. The molecule has 3 heteroatoms. The van der Waals surface area contributed by atoms with Crippen LogP contribution < -0.4 is 0 Å². The van der Waals surface area contributed by atoms with Crippen LogP contribution in [0, 0.1) is 14.5 Å². The fraction of sp³-hybridized carbons (Fsp3) is 0.111. The monoisotopic (exact) mass is 211 g/mol. The van der Waals surface area contributed by atoms with Crippen molar-refractivity contribution in [1.82, 2.24) is 0 Å². The van der Waals surface area contributed by atoms with Crippen LogP contribution in [-0.4, -0.2) is 0 Å². The molecule has 0 spiro atoms.